The van der Waals surface area contributed by atoms with Crippen LogP contribution in [-0.4, -0.2) is 44.6 Å². The Bertz CT molecular complexity index is 1580. The van der Waals surface area contributed by atoms with E-state index < -0.39 is 41.3 Å². The molecule has 2 amide bonds. The van der Waals surface area contributed by atoms with Crippen LogP contribution < -0.4 is 16.2 Å². The molecule has 5 rings (SSSR count). The van der Waals surface area contributed by atoms with E-state index in [2.05, 4.69) is 25.6 Å². The van der Waals surface area contributed by atoms with Crippen LogP contribution in [0.1, 0.15) is 44.6 Å². The summed E-state index contributed by atoms with van der Waals surface area (Å²) in [6.45, 7) is 0. The fourth-order valence-corrected chi connectivity index (χ4v) is 4.58. The highest BCUT2D eigenvalue weighted by Gasteiger charge is 2.29. The lowest BCUT2D eigenvalue weighted by molar-refractivity contribution is -0.139. The number of aliphatic imine (C=N–C) groups is 1. The maximum absolute atomic E-state index is 13.1. The standard InChI is InChI=1S/C30H25N5O5/c36-27(34-25(18-9-3-1-4-10-18)19-11-5-2-6-12-19)22-17-32-26(35-28(22)37)29(38)33-24(30(39)40)15-20-16-31-23-14-8-7-13-21(20)23/h1-14,16-17,21,24-25H,15H2,(H,33,38)(H,34,36)(H,39,40)(H,32,35,37)/t21?,24-/m1/s1. The first kappa shape index (κ1) is 26.2. The Balaban J connectivity index is 1.29. The fraction of sp³-hybridized carbons (Fsp3) is 0.133. The number of carbonyl (C=O) groups excluding carboxylic acids is 2. The minimum absolute atomic E-state index is 0.0159. The third-order valence-corrected chi connectivity index (χ3v) is 6.62. The van der Waals surface area contributed by atoms with Gasteiger partial charge in [-0.25, -0.2) is 9.78 Å². The van der Waals surface area contributed by atoms with Gasteiger partial charge in [-0.15, -0.1) is 0 Å². The molecule has 40 heavy (non-hydrogen) atoms. The van der Waals surface area contributed by atoms with Crippen molar-refractivity contribution in [2.75, 3.05) is 0 Å². The van der Waals surface area contributed by atoms with Crippen LogP contribution in [0.5, 0.6) is 0 Å². The molecular formula is C30H25N5O5. The molecule has 1 aliphatic carbocycles. The summed E-state index contributed by atoms with van der Waals surface area (Å²) in [5.74, 6) is -3.37. The van der Waals surface area contributed by atoms with Gasteiger partial charge >= 0.3 is 5.97 Å². The second kappa shape index (κ2) is 11.6. The van der Waals surface area contributed by atoms with E-state index in [1.54, 1.807) is 6.20 Å². The van der Waals surface area contributed by atoms with E-state index in [4.69, 9.17) is 0 Å². The van der Waals surface area contributed by atoms with Gasteiger partial charge in [-0.3, -0.25) is 19.4 Å². The van der Waals surface area contributed by atoms with Gasteiger partial charge in [0.1, 0.15) is 11.6 Å². The minimum atomic E-state index is -1.28. The van der Waals surface area contributed by atoms with Gasteiger partial charge < -0.3 is 20.7 Å². The third kappa shape index (κ3) is 5.70. The number of H-pyrrole nitrogens is 1. The van der Waals surface area contributed by atoms with Crippen LogP contribution in [0.15, 0.2) is 113 Å². The van der Waals surface area contributed by atoms with Crippen molar-refractivity contribution < 1.29 is 19.5 Å². The second-order valence-electron chi connectivity index (χ2n) is 9.25. The number of aliphatic carboxylic acids is 1. The molecule has 2 aliphatic rings. The van der Waals surface area contributed by atoms with Crippen LogP contribution in [0.2, 0.25) is 0 Å². The summed E-state index contributed by atoms with van der Waals surface area (Å²) in [7, 11) is 0. The average Bonchev–Trinajstić information content (AvgIpc) is 3.39. The lowest BCUT2D eigenvalue weighted by Crippen LogP contribution is -2.43. The van der Waals surface area contributed by atoms with E-state index in [0.717, 1.165) is 28.6 Å². The Kier molecular flexibility index (Phi) is 7.58. The molecule has 2 aromatic carbocycles. The molecule has 0 fully saturated rings. The molecule has 3 aromatic rings. The number of rotatable bonds is 9. The molecular weight excluding hydrogens is 510 g/mol. The van der Waals surface area contributed by atoms with Crippen molar-refractivity contribution in [2.45, 2.75) is 18.5 Å². The third-order valence-electron chi connectivity index (χ3n) is 6.62. The zero-order chi connectivity index (χ0) is 28.1. The van der Waals surface area contributed by atoms with E-state index in [1.807, 2.05) is 85.0 Å². The number of nitrogens with zero attached hydrogens (tertiary/aromatic N) is 2. The number of benzene rings is 2. The molecule has 0 radical (unpaired) electrons. The van der Waals surface area contributed by atoms with Crippen molar-refractivity contribution in [1.29, 1.82) is 0 Å². The van der Waals surface area contributed by atoms with Crippen LogP contribution in [0.25, 0.3) is 0 Å². The molecule has 10 heteroatoms. The molecule has 2 heterocycles. The van der Waals surface area contributed by atoms with Crippen LogP contribution in [0.4, 0.5) is 0 Å². The first-order chi connectivity index (χ1) is 19.4. The van der Waals surface area contributed by atoms with Gasteiger partial charge in [0, 0.05) is 24.7 Å². The van der Waals surface area contributed by atoms with E-state index in [-0.39, 0.29) is 17.9 Å². The maximum atomic E-state index is 13.1. The van der Waals surface area contributed by atoms with Gasteiger partial charge in [0.25, 0.3) is 17.4 Å². The number of aromatic nitrogens is 2. The molecule has 1 aromatic heterocycles. The lowest BCUT2D eigenvalue weighted by Gasteiger charge is -2.20. The normalized spacial score (nSPS) is 16.1. The van der Waals surface area contributed by atoms with Gasteiger partial charge in [0.05, 0.1) is 11.8 Å². The maximum Gasteiger partial charge on any atom is 0.326 e. The highest BCUT2D eigenvalue weighted by atomic mass is 16.4. The van der Waals surface area contributed by atoms with Gasteiger partial charge in [-0.05, 0) is 22.8 Å². The monoisotopic (exact) mass is 535 g/mol. The number of amides is 2. The first-order valence-electron chi connectivity index (χ1n) is 12.6. The van der Waals surface area contributed by atoms with Gasteiger partial charge in [0.2, 0.25) is 0 Å². The number of fused-ring (bicyclic) bond motifs is 1. The second-order valence-corrected chi connectivity index (χ2v) is 9.25. The van der Waals surface area contributed by atoms with Crippen molar-refractivity contribution in [3.63, 3.8) is 0 Å². The summed E-state index contributed by atoms with van der Waals surface area (Å²) in [5, 5.41) is 15.0. The number of allylic oxidation sites excluding steroid dienone is 4. The number of aromatic amines is 1. The summed E-state index contributed by atoms with van der Waals surface area (Å²) in [6.07, 6.45) is 10.1. The fourth-order valence-electron chi connectivity index (χ4n) is 4.58. The zero-order valence-corrected chi connectivity index (χ0v) is 21.2. The van der Waals surface area contributed by atoms with Crippen molar-refractivity contribution in [3.8, 4) is 0 Å². The molecule has 2 atom stereocenters. The number of carboxylic acids is 1. The first-order valence-corrected chi connectivity index (χ1v) is 12.6. The summed E-state index contributed by atoms with van der Waals surface area (Å²) in [4.78, 5) is 61.2. The molecule has 200 valence electrons. The summed E-state index contributed by atoms with van der Waals surface area (Å²) in [5.41, 5.74) is 2.05. The number of hydrogen-bond acceptors (Lipinski definition) is 6. The highest BCUT2D eigenvalue weighted by Crippen LogP contribution is 2.28. The van der Waals surface area contributed by atoms with Gasteiger partial charge in [0.15, 0.2) is 5.82 Å². The lowest BCUT2D eigenvalue weighted by atomic mass is 9.89. The largest absolute Gasteiger partial charge is 0.480 e. The topological polar surface area (TPSA) is 154 Å². The highest BCUT2D eigenvalue weighted by molar-refractivity contribution is 6.03. The van der Waals surface area contributed by atoms with Crippen LogP contribution in [0.3, 0.4) is 0 Å². The SMILES string of the molecule is O=C(N[C@H](CC1=CN=C2C=CC=CC12)C(=O)O)c1ncc(C(=O)NC(c2ccccc2)c2ccccc2)c(=O)[nH]1. The van der Waals surface area contributed by atoms with Crippen LogP contribution in [0, 0.1) is 5.92 Å². The van der Waals surface area contributed by atoms with Gasteiger partial charge in [-0.2, -0.15) is 0 Å². The van der Waals surface area contributed by atoms with Crippen LogP contribution >= 0.6 is 0 Å². The smallest absolute Gasteiger partial charge is 0.326 e. The van der Waals surface area contributed by atoms with Crippen molar-refractivity contribution in [2.24, 2.45) is 10.9 Å². The molecule has 4 N–H and O–H groups in total. The molecule has 1 aliphatic heterocycles. The van der Waals surface area contributed by atoms with E-state index in [9.17, 15) is 24.3 Å². The molecule has 0 saturated heterocycles. The number of hydrogen-bond donors (Lipinski definition) is 4. The van der Waals surface area contributed by atoms with E-state index in [0.29, 0.717) is 0 Å². The summed E-state index contributed by atoms with van der Waals surface area (Å²) in [6, 6.07) is 16.8. The quantitative estimate of drug-likeness (QED) is 0.330. The van der Waals surface area contributed by atoms with Crippen molar-refractivity contribution >= 4 is 23.5 Å². The molecule has 10 nitrogen and oxygen atoms in total. The van der Waals surface area contributed by atoms with Crippen molar-refractivity contribution in [1.82, 2.24) is 20.6 Å². The average molecular weight is 536 g/mol. The molecule has 0 spiro atoms. The van der Waals surface area contributed by atoms with Crippen molar-refractivity contribution in [3.05, 3.63) is 136 Å². The van der Waals surface area contributed by atoms with Crippen LogP contribution in [-0.2, 0) is 4.79 Å². The number of carboxylic acid groups (broad SMARTS) is 1. The molecule has 0 saturated carbocycles. The predicted molar refractivity (Wildman–Crippen MR) is 148 cm³/mol. The van der Waals surface area contributed by atoms with E-state index in [1.165, 1.54) is 0 Å². The Morgan fingerprint density at radius 2 is 1.60 bits per heavy atom. The Labute approximate surface area is 228 Å². The minimum Gasteiger partial charge on any atom is -0.480 e. The Morgan fingerprint density at radius 1 is 0.925 bits per heavy atom. The summed E-state index contributed by atoms with van der Waals surface area (Å²) < 4.78 is 0. The molecule has 1 unspecified atom stereocenters. The predicted octanol–water partition coefficient (Wildman–Crippen LogP) is 2.94. The number of nitrogens with one attached hydrogen (secondary N) is 3. The Hall–Kier alpha value is -5.38. The summed E-state index contributed by atoms with van der Waals surface area (Å²) >= 11 is 0. The van der Waals surface area contributed by atoms with E-state index >= 15 is 0 Å². The molecule has 0 bridgehead atoms. The van der Waals surface area contributed by atoms with Gasteiger partial charge in [-0.1, -0.05) is 78.9 Å². The number of carbonyl (C=O) groups is 3. The zero-order valence-electron chi connectivity index (χ0n) is 21.2. The Morgan fingerprint density at radius 3 is 2.23 bits per heavy atom.